The maximum absolute atomic E-state index is 15.3. The number of aryl methyl sites for hydroxylation is 1. The largest absolute Gasteiger partial charge is 0.314 e. The van der Waals surface area contributed by atoms with E-state index in [0.717, 1.165) is 72.4 Å². The van der Waals surface area contributed by atoms with E-state index in [1.54, 1.807) is 13.0 Å². The van der Waals surface area contributed by atoms with Crippen LogP contribution in [0, 0.1) is 23.6 Å². The molecule has 0 aromatic heterocycles. The van der Waals surface area contributed by atoms with Crippen LogP contribution in [0.5, 0.6) is 0 Å². The smallest absolute Gasteiger partial charge is 0.129 e. The highest BCUT2D eigenvalue weighted by atomic mass is 19.1. The molecule has 0 spiro atoms. The summed E-state index contributed by atoms with van der Waals surface area (Å²) in [4.78, 5) is 0. The lowest BCUT2D eigenvalue weighted by Crippen LogP contribution is -2.35. The SMILES string of the molecule is C=C/C(C(C)=N)=C(\C=C)C1(Cc2ccc(CCCCCCC3CCCN3)c(F)c2C)CCC1. The van der Waals surface area contributed by atoms with Crippen LogP contribution in [0.3, 0.4) is 0 Å². The molecule has 1 saturated heterocycles. The van der Waals surface area contributed by atoms with Gasteiger partial charge in [-0.3, -0.25) is 0 Å². The Hall–Kier alpha value is -2.00. The standard InChI is InChI=1S/C30H43FN2/c1-5-27(23(4)32)28(6-2)30(18-12-19-30)21-25-17-16-24(29(31)22(25)3)13-9-7-8-10-14-26-15-11-20-33-26/h5-6,16-17,26,32-33H,1-2,7-15,18-21H2,3-4H3/b28-27-,32-23?. The van der Waals surface area contributed by atoms with Gasteiger partial charge in [-0.1, -0.05) is 63.1 Å². The van der Waals surface area contributed by atoms with Crippen molar-refractivity contribution in [3.63, 3.8) is 0 Å². The number of nitrogens with one attached hydrogen (secondary N) is 2. The molecule has 3 rings (SSSR count). The van der Waals surface area contributed by atoms with Gasteiger partial charge in [0.15, 0.2) is 0 Å². The zero-order chi connectivity index (χ0) is 23.8. The number of hydrogen-bond acceptors (Lipinski definition) is 2. The lowest BCUT2D eigenvalue weighted by atomic mass is 9.59. The average Bonchev–Trinajstić information content (AvgIpc) is 3.29. The summed E-state index contributed by atoms with van der Waals surface area (Å²) in [6.07, 6.45) is 17.3. The molecule has 1 aromatic rings. The number of unbranched alkanes of at least 4 members (excludes halogenated alkanes) is 3. The second-order valence-electron chi connectivity index (χ2n) is 10.2. The summed E-state index contributed by atoms with van der Waals surface area (Å²) in [6.45, 7) is 12.9. The third kappa shape index (κ3) is 6.12. The summed E-state index contributed by atoms with van der Waals surface area (Å²) in [5, 5.41) is 11.7. The van der Waals surface area contributed by atoms with Crippen molar-refractivity contribution >= 4 is 5.71 Å². The van der Waals surface area contributed by atoms with E-state index in [4.69, 9.17) is 5.41 Å². The molecule has 1 aliphatic heterocycles. The molecule has 33 heavy (non-hydrogen) atoms. The molecule has 1 aromatic carbocycles. The minimum Gasteiger partial charge on any atom is -0.314 e. The van der Waals surface area contributed by atoms with Crippen molar-refractivity contribution in [2.24, 2.45) is 5.41 Å². The van der Waals surface area contributed by atoms with Crippen LogP contribution in [-0.4, -0.2) is 18.3 Å². The fraction of sp³-hybridized carbons (Fsp3) is 0.567. The Morgan fingerprint density at radius 1 is 1.12 bits per heavy atom. The fourth-order valence-electron chi connectivity index (χ4n) is 5.82. The molecular formula is C30H43FN2. The first kappa shape index (κ1) is 25.6. The van der Waals surface area contributed by atoms with Crippen LogP contribution in [0.25, 0.3) is 0 Å². The molecule has 2 nitrogen and oxygen atoms in total. The van der Waals surface area contributed by atoms with E-state index in [0.29, 0.717) is 5.71 Å². The maximum atomic E-state index is 15.3. The molecule has 2 N–H and O–H groups in total. The van der Waals surface area contributed by atoms with Crippen LogP contribution in [0.2, 0.25) is 0 Å². The summed E-state index contributed by atoms with van der Waals surface area (Å²) in [5.41, 5.74) is 5.19. The predicted molar refractivity (Wildman–Crippen MR) is 140 cm³/mol. The van der Waals surface area contributed by atoms with Crippen molar-refractivity contribution in [3.05, 3.63) is 71.1 Å². The molecule has 1 saturated carbocycles. The summed E-state index contributed by atoms with van der Waals surface area (Å²) in [5.74, 6) is -0.0200. The maximum Gasteiger partial charge on any atom is 0.129 e. The molecular weight excluding hydrogens is 407 g/mol. The third-order valence-corrected chi connectivity index (χ3v) is 8.00. The summed E-state index contributed by atoms with van der Waals surface area (Å²) in [7, 11) is 0. The van der Waals surface area contributed by atoms with Crippen molar-refractivity contribution in [2.75, 3.05) is 6.54 Å². The molecule has 180 valence electrons. The van der Waals surface area contributed by atoms with Crippen LogP contribution in [0.4, 0.5) is 4.39 Å². The summed E-state index contributed by atoms with van der Waals surface area (Å²) in [6, 6.07) is 4.89. The van der Waals surface area contributed by atoms with Gasteiger partial charge in [0.2, 0.25) is 0 Å². The zero-order valence-electron chi connectivity index (χ0n) is 20.9. The highest BCUT2D eigenvalue weighted by Gasteiger charge is 2.41. The number of allylic oxidation sites excluding steroid dienone is 4. The minimum absolute atomic E-state index is 0.0200. The Morgan fingerprint density at radius 3 is 2.42 bits per heavy atom. The van der Waals surface area contributed by atoms with Crippen LogP contribution >= 0.6 is 0 Å². The summed E-state index contributed by atoms with van der Waals surface area (Å²) < 4.78 is 15.3. The van der Waals surface area contributed by atoms with Crippen molar-refractivity contribution in [2.45, 2.75) is 96.9 Å². The average molecular weight is 451 g/mol. The topological polar surface area (TPSA) is 35.9 Å². The molecule has 2 fully saturated rings. The van der Waals surface area contributed by atoms with Crippen molar-refractivity contribution < 1.29 is 4.39 Å². The number of halogens is 1. The van der Waals surface area contributed by atoms with E-state index in [1.807, 2.05) is 19.1 Å². The Morgan fingerprint density at radius 2 is 1.85 bits per heavy atom. The highest BCUT2D eigenvalue weighted by Crippen LogP contribution is 2.51. The molecule has 0 amide bonds. The first-order chi connectivity index (χ1) is 15.9. The van der Waals surface area contributed by atoms with Crippen LogP contribution < -0.4 is 5.32 Å². The molecule has 2 aliphatic rings. The van der Waals surface area contributed by atoms with Gasteiger partial charge in [0.25, 0.3) is 0 Å². The van der Waals surface area contributed by atoms with Crippen LogP contribution in [0.15, 0.2) is 48.6 Å². The fourth-order valence-corrected chi connectivity index (χ4v) is 5.82. The third-order valence-electron chi connectivity index (χ3n) is 8.00. The van der Waals surface area contributed by atoms with Crippen molar-refractivity contribution in [1.82, 2.24) is 5.32 Å². The first-order valence-electron chi connectivity index (χ1n) is 13.0. The van der Waals surface area contributed by atoms with Gasteiger partial charge in [0.1, 0.15) is 5.82 Å². The van der Waals surface area contributed by atoms with E-state index in [1.165, 1.54) is 45.1 Å². The Kier molecular flexibility index (Phi) is 9.26. The van der Waals surface area contributed by atoms with Gasteiger partial charge in [0, 0.05) is 11.8 Å². The number of rotatable bonds is 13. The Labute approximate surface area is 201 Å². The quantitative estimate of drug-likeness (QED) is 0.179. The predicted octanol–water partition coefficient (Wildman–Crippen LogP) is 7.80. The second kappa shape index (κ2) is 11.9. The molecule has 1 atom stereocenters. The molecule has 0 radical (unpaired) electrons. The first-order valence-corrected chi connectivity index (χ1v) is 13.0. The van der Waals surface area contributed by atoms with E-state index in [-0.39, 0.29) is 11.2 Å². The van der Waals surface area contributed by atoms with E-state index >= 15 is 4.39 Å². The molecule has 1 heterocycles. The van der Waals surface area contributed by atoms with Gasteiger partial charge < -0.3 is 10.7 Å². The van der Waals surface area contributed by atoms with Crippen LogP contribution in [-0.2, 0) is 12.8 Å². The monoisotopic (exact) mass is 450 g/mol. The van der Waals surface area contributed by atoms with Gasteiger partial charge in [-0.05, 0) is 105 Å². The van der Waals surface area contributed by atoms with Gasteiger partial charge in [-0.25, -0.2) is 4.39 Å². The Bertz CT molecular complexity index is 885. The molecule has 1 unspecified atom stereocenters. The van der Waals surface area contributed by atoms with Crippen LogP contribution in [0.1, 0.15) is 87.8 Å². The Balaban J connectivity index is 1.61. The van der Waals surface area contributed by atoms with Crippen molar-refractivity contribution in [3.8, 4) is 0 Å². The molecule has 3 heteroatoms. The van der Waals surface area contributed by atoms with Gasteiger partial charge in [0.05, 0.1) is 0 Å². The second-order valence-corrected chi connectivity index (χ2v) is 10.2. The molecule has 0 bridgehead atoms. The molecule has 1 aliphatic carbocycles. The summed E-state index contributed by atoms with van der Waals surface area (Å²) >= 11 is 0. The minimum atomic E-state index is -0.0551. The number of hydrogen-bond donors (Lipinski definition) is 2. The van der Waals surface area contributed by atoms with E-state index in [9.17, 15) is 0 Å². The number of benzene rings is 1. The highest BCUT2D eigenvalue weighted by molar-refractivity contribution is 5.99. The lowest BCUT2D eigenvalue weighted by Gasteiger charge is -2.45. The van der Waals surface area contributed by atoms with Crippen molar-refractivity contribution in [1.29, 1.82) is 5.41 Å². The van der Waals surface area contributed by atoms with Gasteiger partial charge >= 0.3 is 0 Å². The van der Waals surface area contributed by atoms with E-state index in [2.05, 4.69) is 24.5 Å². The van der Waals surface area contributed by atoms with E-state index < -0.39 is 0 Å². The van der Waals surface area contributed by atoms with Gasteiger partial charge in [-0.2, -0.15) is 0 Å². The zero-order valence-corrected chi connectivity index (χ0v) is 20.9. The lowest BCUT2D eigenvalue weighted by molar-refractivity contribution is 0.189. The normalized spacial score (nSPS) is 20.2. The van der Waals surface area contributed by atoms with Gasteiger partial charge in [-0.15, -0.1) is 0 Å².